The summed E-state index contributed by atoms with van der Waals surface area (Å²) in [5.41, 5.74) is 5.82. The summed E-state index contributed by atoms with van der Waals surface area (Å²) in [6.07, 6.45) is 0.718. The highest BCUT2D eigenvalue weighted by Crippen LogP contribution is 2.28. The van der Waals surface area contributed by atoms with Crippen LogP contribution in [0.25, 0.3) is 0 Å². The van der Waals surface area contributed by atoms with E-state index < -0.39 is 17.8 Å². The summed E-state index contributed by atoms with van der Waals surface area (Å²) < 4.78 is 0. The first-order valence-corrected chi connectivity index (χ1v) is 5.56. The molecule has 0 bridgehead atoms. The number of primary amides is 1. The van der Waals surface area contributed by atoms with Crippen LogP contribution in [-0.4, -0.2) is 24.4 Å². The van der Waals surface area contributed by atoms with Gasteiger partial charge in [-0.25, -0.2) is 4.79 Å². The molecule has 18 heavy (non-hydrogen) atoms. The molecular weight excluding hydrogens is 234 g/mol. The van der Waals surface area contributed by atoms with Gasteiger partial charge in [-0.3, -0.25) is 14.5 Å². The number of benzene rings is 1. The molecular formula is C12H12N3O3. The van der Waals surface area contributed by atoms with Crippen LogP contribution in [0, 0.1) is 0 Å². The van der Waals surface area contributed by atoms with Crippen molar-refractivity contribution in [1.82, 2.24) is 5.32 Å². The van der Waals surface area contributed by atoms with Crippen LogP contribution in [0.3, 0.4) is 0 Å². The van der Waals surface area contributed by atoms with E-state index in [-0.39, 0.29) is 11.1 Å². The van der Waals surface area contributed by atoms with Gasteiger partial charge in [-0.2, -0.15) is 5.32 Å². The van der Waals surface area contributed by atoms with E-state index in [0.717, 1.165) is 6.42 Å². The van der Waals surface area contributed by atoms with Crippen molar-refractivity contribution < 1.29 is 14.4 Å². The lowest BCUT2D eigenvalue weighted by Crippen LogP contribution is -2.45. The van der Waals surface area contributed by atoms with Gasteiger partial charge in [0.1, 0.15) is 0 Å². The van der Waals surface area contributed by atoms with E-state index in [1.807, 2.05) is 6.92 Å². The number of hydrogen-bond donors (Lipinski definition) is 1. The van der Waals surface area contributed by atoms with E-state index in [1.54, 1.807) is 12.1 Å². The molecule has 2 rings (SSSR count). The monoisotopic (exact) mass is 246 g/mol. The number of fused-ring (bicyclic) bond motifs is 1. The van der Waals surface area contributed by atoms with Crippen LogP contribution in [0.15, 0.2) is 18.2 Å². The van der Waals surface area contributed by atoms with Gasteiger partial charge in [0.2, 0.25) is 5.91 Å². The Morgan fingerprint density at radius 3 is 2.72 bits per heavy atom. The molecule has 1 radical (unpaired) electrons. The van der Waals surface area contributed by atoms with Gasteiger partial charge in [-0.1, -0.05) is 13.0 Å². The maximum atomic E-state index is 11.7. The first-order valence-electron chi connectivity index (χ1n) is 5.56. The number of carbonyl (C=O) groups excluding carboxylic acids is 3. The Morgan fingerprint density at radius 1 is 1.39 bits per heavy atom. The quantitative estimate of drug-likeness (QED) is 0.857. The average molecular weight is 246 g/mol. The van der Waals surface area contributed by atoms with E-state index in [9.17, 15) is 14.4 Å². The Bertz CT molecular complexity index is 539. The first-order chi connectivity index (χ1) is 8.56. The van der Waals surface area contributed by atoms with Crippen molar-refractivity contribution in [3.63, 3.8) is 0 Å². The van der Waals surface area contributed by atoms with E-state index in [4.69, 9.17) is 5.73 Å². The molecule has 2 N–H and O–H groups in total. The molecule has 4 amide bonds. The largest absolute Gasteiger partial charge is 0.366 e. The predicted octanol–water partition coefficient (Wildman–Crippen LogP) is 0.880. The van der Waals surface area contributed by atoms with Crippen LogP contribution >= 0.6 is 0 Å². The van der Waals surface area contributed by atoms with Gasteiger partial charge in [-0.05, 0) is 18.6 Å². The molecule has 0 aromatic heterocycles. The summed E-state index contributed by atoms with van der Waals surface area (Å²) in [5.74, 6) is -1.42. The van der Waals surface area contributed by atoms with Crippen LogP contribution in [0.2, 0.25) is 0 Å². The highest BCUT2D eigenvalue weighted by molar-refractivity contribution is 6.20. The lowest BCUT2D eigenvalue weighted by molar-refractivity contribution is 0.0938. The average Bonchev–Trinajstić information content (AvgIpc) is 2.33. The second-order valence-electron chi connectivity index (χ2n) is 3.92. The molecule has 1 aliphatic rings. The van der Waals surface area contributed by atoms with Crippen molar-refractivity contribution in [3.8, 4) is 0 Å². The molecule has 0 atom stereocenters. The minimum Gasteiger partial charge on any atom is -0.366 e. The Hall–Kier alpha value is -2.37. The highest BCUT2D eigenvalue weighted by atomic mass is 16.2. The van der Waals surface area contributed by atoms with Crippen molar-refractivity contribution in [3.05, 3.63) is 29.3 Å². The summed E-state index contributed by atoms with van der Waals surface area (Å²) in [5, 5.41) is 3.41. The zero-order chi connectivity index (χ0) is 13.3. The third-order valence-corrected chi connectivity index (χ3v) is 2.69. The van der Waals surface area contributed by atoms with Crippen LogP contribution in [0.1, 0.15) is 34.1 Å². The third-order valence-electron chi connectivity index (χ3n) is 2.69. The number of nitrogens with two attached hydrogens (primary N) is 1. The Labute approximate surface area is 104 Å². The van der Waals surface area contributed by atoms with Crippen LogP contribution < -0.4 is 16.0 Å². The fourth-order valence-corrected chi connectivity index (χ4v) is 1.94. The number of carbonyl (C=O) groups is 3. The second-order valence-corrected chi connectivity index (χ2v) is 3.92. The number of rotatable bonds is 3. The maximum Gasteiger partial charge on any atom is 0.351 e. The molecule has 1 aromatic carbocycles. The molecule has 0 unspecified atom stereocenters. The molecule has 1 heterocycles. The normalized spacial score (nSPS) is 14.2. The fraction of sp³-hybridized carbons (Fsp3) is 0.250. The van der Waals surface area contributed by atoms with Gasteiger partial charge in [-0.15, -0.1) is 0 Å². The summed E-state index contributed by atoms with van der Waals surface area (Å²) in [6.45, 7) is 2.34. The SMILES string of the molecule is CCCN1C(=O)[N]C(=O)c2c(C(N)=O)cccc21. The Kier molecular flexibility index (Phi) is 3.01. The third kappa shape index (κ3) is 1.81. The maximum absolute atomic E-state index is 11.7. The van der Waals surface area contributed by atoms with E-state index in [2.05, 4.69) is 5.32 Å². The minimum absolute atomic E-state index is 0.0925. The van der Waals surface area contributed by atoms with Crippen LogP contribution in [-0.2, 0) is 0 Å². The summed E-state index contributed by atoms with van der Waals surface area (Å²) >= 11 is 0. The van der Waals surface area contributed by atoms with Crippen molar-refractivity contribution in [1.29, 1.82) is 0 Å². The number of anilines is 1. The smallest absolute Gasteiger partial charge is 0.351 e. The molecule has 0 fully saturated rings. The molecule has 0 saturated heterocycles. The van der Waals surface area contributed by atoms with Crippen LogP contribution in [0.5, 0.6) is 0 Å². The van der Waals surface area contributed by atoms with Crippen molar-refractivity contribution in [2.75, 3.05) is 11.4 Å². The standard InChI is InChI=1S/C12H12N3O3/c1-2-6-15-8-5-3-4-7(10(13)16)9(8)11(17)14-12(15)18/h3-5H,2,6H2,1H3,(H2,13,16). The molecule has 1 aliphatic heterocycles. The van der Waals surface area contributed by atoms with Crippen molar-refractivity contribution in [2.24, 2.45) is 5.73 Å². The number of amides is 4. The van der Waals surface area contributed by atoms with Gasteiger partial charge < -0.3 is 5.73 Å². The number of hydrogen-bond acceptors (Lipinski definition) is 3. The summed E-state index contributed by atoms with van der Waals surface area (Å²) in [4.78, 5) is 36.1. The molecule has 6 nitrogen and oxygen atoms in total. The van der Waals surface area contributed by atoms with Gasteiger partial charge in [0, 0.05) is 6.54 Å². The summed E-state index contributed by atoms with van der Waals surface area (Å²) in [6, 6.07) is 4.06. The van der Waals surface area contributed by atoms with Gasteiger partial charge in [0.05, 0.1) is 16.8 Å². The lowest BCUT2D eigenvalue weighted by atomic mass is 10.0. The number of nitrogens with zero attached hydrogens (tertiary/aromatic N) is 2. The molecule has 1 aromatic rings. The molecule has 0 saturated carbocycles. The zero-order valence-corrected chi connectivity index (χ0v) is 9.84. The van der Waals surface area contributed by atoms with Crippen LogP contribution in [0.4, 0.5) is 10.5 Å². The number of imide groups is 1. The predicted molar refractivity (Wildman–Crippen MR) is 64.5 cm³/mol. The zero-order valence-electron chi connectivity index (χ0n) is 9.84. The van der Waals surface area contributed by atoms with Gasteiger partial charge in [0.15, 0.2) is 0 Å². The Morgan fingerprint density at radius 2 is 2.11 bits per heavy atom. The molecule has 0 aliphatic carbocycles. The van der Waals surface area contributed by atoms with Gasteiger partial charge in [0.25, 0.3) is 5.91 Å². The van der Waals surface area contributed by atoms with Crippen molar-refractivity contribution in [2.45, 2.75) is 13.3 Å². The Balaban J connectivity index is 2.61. The van der Waals surface area contributed by atoms with E-state index >= 15 is 0 Å². The highest BCUT2D eigenvalue weighted by Gasteiger charge is 2.33. The molecule has 0 spiro atoms. The minimum atomic E-state index is -0.711. The second kappa shape index (κ2) is 4.48. The first kappa shape index (κ1) is 12.1. The van der Waals surface area contributed by atoms with E-state index in [0.29, 0.717) is 12.2 Å². The summed E-state index contributed by atoms with van der Waals surface area (Å²) in [7, 11) is 0. The van der Waals surface area contributed by atoms with Gasteiger partial charge >= 0.3 is 6.03 Å². The number of urea groups is 1. The van der Waals surface area contributed by atoms with E-state index in [1.165, 1.54) is 11.0 Å². The fourth-order valence-electron chi connectivity index (χ4n) is 1.94. The molecule has 93 valence electrons. The lowest BCUT2D eigenvalue weighted by Gasteiger charge is -2.27. The topological polar surface area (TPSA) is 94.6 Å². The molecule has 6 heteroatoms. The van der Waals surface area contributed by atoms with Crippen molar-refractivity contribution >= 4 is 23.5 Å².